The van der Waals surface area contributed by atoms with Gasteiger partial charge in [0.05, 0.1) is 11.5 Å². The minimum atomic E-state index is -1.39. The molecule has 1 aromatic carbocycles. The van der Waals surface area contributed by atoms with Gasteiger partial charge in [-0.2, -0.15) is 0 Å². The first kappa shape index (κ1) is 14.9. The summed E-state index contributed by atoms with van der Waals surface area (Å²) in [5, 5.41) is 32.7. The van der Waals surface area contributed by atoms with Gasteiger partial charge in [-0.3, -0.25) is 4.79 Å². The van der Waals surface area contributed by atoms with Gasteiger partial charge in [-0.15, -0.1) is 0 Å². The number of para-hydroxylation sites is 1. The maximum absolute atomic E-state index is 11.6. The van der Waals surface area contributed by atoms with Crippen LogP contribution in [0.2, 0.25) is 0 Å². The van der Waals surface area contributed by atoms with Crippen LogP contribution in [-0.4, -0.2) is 46.0 Å². The number of nitrogens with zero attached hydrogens (tertiary/aromatic N) is 1. The van der Waals surface area contributed by atoms with Crippen LogP contribution < -0.4 is 9.97 Å². The molecule has 0 spiro atoms. The molecule has 8 nitrogen and oxygen atoms in total. The molecule has 0 unspecified atom stereocenters. The van der Waals surface area contributed by atoms with E-state index in [4.69, 9.17) is 15.0 Å². The summed E-state index contributed by atoms with van der Waals surface area (Å²) in [4.78, 5) is 22.7. The maximum Gasteiger partial charge on any atom is 0.547 e. The highest BCUT2D eigenvalue weighted by atomic mass is 16.5. The van der Waals surface area contributed by atoms with Gasteiger partial charge in [0.25, 0.3) is 5.91 Å². The summed E-state index contributed by atoms with van der Waals surface area (Å²) < 4.78 is 5.21. The number of hydrogen-bond donors (Lipinski definition) is 4. The zero-order valence-electron chi connectivity index (χ0n) is 11.1. The van der Waals surface area contributed by atoms with Gasteiger partial charge >= 0.3 is 13.1 Å². The summed E-state index contributed by atoms with van der Waals surface area (Å²) >= 11 is 0. The first-order valence-electron chi connectivity index (χ1n) is 6.13. The van der Waals surface area contributed by atoms with E-state index in [0.717, 1.165) is 0 Å². The zero-order valence-corrected chi connectivity index (χ0v) is 11.1. The number of rotatable bonds is 3. The van der Waals surface area contributed by atoms with Crippen molar-refractivity contribution in [1.82, 2.24) is 5.32 Å². The summed E-state index contributed by atoms with van der Waals surface area (Å²) in [6.45, 7) is 1.31. The topological polar surface area (TPSA) is 128 Å². The largest absolute Gasteiger partial charge is 0.547 e. The first-order valence-corrected chi connectivity index (χ1v) is 6.13. The molecule has 0 bridgehead atoms. The molecule has 0 fully saturated rings. The Morgan fingerprint density at radius 3 is 2.81 bits per heavy atom. The summed E-state index contributed by atoms with van der Waals surface area (Å²) in [5.41, 5.74) is 0.348. The fourth-order valence-corrected chi connectivity index (χ4v) is 2.03. The molecule has 21 heavy (non-hydrogen) atoms. The third-order valence-electron chi connectivity index (χ3n) is 3.14. The Hall–Kier alpha value is -2.55. The van der Waals surface area contributed by atoms with E-state index in [-0.39, 0.29) is 23.4 Å². The van der Waals surface area contributed by atoms with Crippen LogP contribution >= 0.6 is 0 Å². The summed E-state index contributed by atoms with van der Waals surface area (Å²) in [6.07, 6.45) is 0.196. The Bertz CT molecular complexity index is 618. The van der Waals surface area contributed by atoms with Gasteiger partial charge in [0.2, 0.25) is 0 Å². The van der Waals surface area contributed by atoms with Crippen molar-refractivity contribution in [3.05, 3.63) is 29.3 Å². The molecule has 1 amide bonds. The van der Waals surface area contributed by atoms with Gasteiger partial charge in [-0.25, -0.2) is 4.79 Å². The first-order chi connectivity index (χ1) is 9.93. The molecule has 4 N–H and O–H groups in total. The van der Waals surface area contributed by atoms with Crippen LogP contribution in [0.4, 0.5) is 0 Å². The van der Waals surface area contributed by atoms with Crippen molar-refractivity contribution in [2.45, 2.75) is 19.3 Å². The molecule has 1 heterocycles. The second-order valence-corrected chi connectivity index (χ2v) is 4.58. The van der Waals surface area contributed by atoms with Crippen LogP contribution in [0.15, 0.2) is 23.4 Å². The van der Waals surface area contributed by atoms with Crippen LogP contribution in [0.5, 0.6) is 5.75 Å². The lowest BCUT2D eigenvalue weighted by Crippen LogP contribution is -2.54. The lowest BCUT2D eigenvalue weighted by atomic mass is 9.72. The fraction of sp³-hybridized carbons (Fsp3) is 0.250. The molecular weight excluding hydrogens is 279 g/mol. The lowest BCUT2D eigenvalue weighted by Gasteiger charge is -2.28. The second-order valence-electron chi connectivity index (χ2n) is 4.58. The minimum absolute atomic E-state index is 0.0515. The SMILES string of the molecule is C/C(=N/O)C(=O)N[C@H]1Cc2cccc(C(=O)O)c2OB1O. The van der Waals surface area contributed by atoms with Gasteiger partial charge in [-0.1, -0.05) is 17.3 Å². The molecule has 9 heteroatoms. The van der Waals surface area contributed by atoms with Crippen LogP contribution in [0.1, 0.15) is 22.8 Å². The standard InChI is InChI=1S/C12H13BN2O6/c1-6(15-20)11(16)14-9-5-7-3-2-4-8(12(17)18)10(7)21-13(9)19/h2-4,9,19-20H,5H2,1H3,(H,14,16)(H,17,18)/b15-6-/t9-/m0/s1. The quantitative estimate of drug-likeness (QED) is 0.261. The minimum Gasteiger partial charge on any atom is -0.534 e. The highest BCUT2D eigenvalue weighted by Crippen LogP contribution is 2.30. The maximum atomic E-state index is 11.6. The smallest absolute Gasteiger partial charge is 0.534 e. The number of nitrogens with one attached hydrogen (secondary N) is 1. The number of aromatic carboxylic acids is 1. The number of hydrogen-bond acceptors (Lipinski definition) is 6. The predicted molar refractivity (Wildman–Crippen MR) is 72.5 cm³/mol. The van der Waals surface area contributed by atoms with E-state index in [2.05, 4.69) is 10.5 Å². The second kappa shape index (κ2) is 5.84. The van der Waals surface area contributed by atoms with E-state index in [1.54, 1.807) is 12.1 Å². The van der Waals surface area contributed by atoms with E-state index >= 15 is 0 Å². The molecule has 0 aliphatic carbocycles. The average Bonchev–Trinajstić information content (AvgIpc) is 2.46. The van der Waals surface area contributed by atoms with Gasteiger partial charge < -0.3 is 25.3 Å². The summed E-state index contributed by atoms with van der Waals surface area (Å²) in [5.74, 6) is -2.49. The van der Waals surface area contributed by atoms with Crippen LogP contribution in [-0.2, 0) is 11.2 Å². The van der Waals surface area contributed by atoms with Crippen molar-refractivity contribution in [2.24, 2.45) is 5.16 Å². The number of carboxylic acid groups (broad SMARTS) is 1. The fourth-order valence-electron chi connectivity index (χ4n) is 2.03. The molecule has 0 saturated heterocycles. The molecule has 2 rings (SSSR count). The Morgan fingerprint density at radius 1 is 1.48 bits per heavy atom. The highest BCUT2D eigenvalue weighted by molar-refractivity contribution is 6.48. The van der Waals surface area contributed by atoms with Crippen LogP contribution in [0.3, 0.4) is 0 Å². The van der Waals surface area contributed by atoms with Crippen molar-refractivity contribution >= 4 is 24.7 Å². The lowest BCUT2D eigenvalue weighted by molar-refractivity contribution is -0.115. The third-order valence-corrected chi connectivity index (χ3v) is 3.14. The van der Waals surface area contributed by atoms with E-state index in [1.165, 1.54) is 13.0 Å². The highest BCUT2D eigenvalue weighted by Gasteiger charge is 2.37. The van der Waals surface area contributed by atoms with E-state index in [9.17, 15) is 14.6 Å². The van der Waals surface area contributed by atoms with Crippen LogP contribution in [0, 0.1) is 0 Å². The molecular formula is C12H13BN2O6. The zero-order chi connectivity index (χ0) is 15.6. The van der Waals surface area contributed by atoms with Gasteiger partial charge in [0.15, 0.2) is 0 Å². The number of carboxylic acids is 1. The van der Waals surface area contributed by atoms with E-state index < -0.39 is 24.9 Å². The number of amides is 1. The predicted octanol–water partition coefficient (Wildman–Crippen LogP) is -0.326. The summed E-state index contributed by atoms with van der Waals surface area (Å²) in [6, 6.07) is 4.58. The van der Waals surface area contributed by atoms with Crippen molar-refractivity contribution in [3.63, 3.8) is 0 Å². The Morgan fingerprint density at radius 2 is 2.19 bits per heavy atom. The molecule has 1 aliphatic rings. The molecule has 0 radical (unpaired) electrons. The molecule has 110 valence electrons. The average molecular weight is 292 g/mol. The number of fused-ring (bicyclic) bond motifs is 1. The van der Waals surface area contributed by atoms with Gasteiger partial charge in [-0.05, 0) is 25.0 Å². The number of carbonyl (C=O) groups is 2. The molecule has 1 aliphatic heterocycles. The van der Waals surface area contributed by atoms with Crippen molar-refractivity contribution < 1.29 is 29.6 Å². The monoisotopic (exact) mass is 292 g/mol. The Balaban J connectivity index is 2.23. The van der Waals surface area contributed by atoms with Gasteiger partial charge in [0.1, 0.15) is 11.5 Å². The molecule has 0 saturated carbocycles. The Kier molecular flexibility index (Phi) is 4.13. The molecule has 1 atom stereocenters. The van der Waals surface area contributed by atoms with E-state index in [1.807, 2.05) is 0 Å². The number of oxime groups is 1. The number of carbonyl (C=O) groups excluding carboxylic acids is 1. The molecule has 0 aromatic heterocycles. The van der Waals surface area contributed by atoms with E-state index in [0.29, 0.717) is 5.56 Å². The van der Waals surface area contributed by atoms with Gasteiger partial charge in [0, 0.05) is 0 Å². The Labute approximate surface area is 120 Å². The van der Waals surface area contributed by atoms with Crippen molar-refractivity contribution in [2.75, 3.05) is 0 Å². The molecule has 1 aromatic rings. The van der Waals surface area contributed by atoms with Crippen LogP contribution in [0.25, 0.3) is 0 Å². The number of benzene rings is 1. The van der Waals surface area contributed by atoms with Crippen molar-refractivity contribution in [3.8, 4) is 5.75 Å². The summed E-state index contributed by atoms with van der Waals surface area (Å²) in [7, 11) is -1.39. The normalized spacial score (nSPS) is 17.7. The third kappa shape index (κ3) is 2.97. The van der Waals surface area contributed by atoms with Crippen molar-refractivity contribution in [1.29, 1.82) is 0 Å².